The first kappa shape index (κ1) is 22.9. The Labute approximate surface area is 194 Å². The van der Waals surface area contributed by atoms with Crippen LogP contribution in [0.1, 0.15) is 18.1 Å². The van der Waals surface area contributed by atoms with Crippen molar-refractivity contribution >= 4 is 0 Å². The molecule has 0 bridgehead atoms. The van der Waals surface area contributed by atoms with Crippen LogP contribution in [0.15, 0.2) is 54.6 Å². The lowest BCUT2D eigenvalue weighted by Crippen LogP contribution is -2.36. The van der Waals surface area contributed by atoms with E-state index in [1.165, 1.54) is 6.07 Å². The number of hydrogen-bond acceptors (Lipinski definition) is 5. The molecule has 1 unspecified atom stereocenters. The predicted molar refractivity (Wildman–Crippen MR) is 127 cm³/mol. The van der Waals surface area contributed by atoms with Gasteiger partial charge < -0.3 is 18.9 Å². The molecule has 0 N–H and O–H groups in total. The van der Waals surface area contributed by atoms with Crippen LogP contribution in [0, 0.1) is 5.82 Å². The van der Waals surface area contributed by atoms with Gasteiger partial charge in [-0.25, -0.2) is 4.39 Å². The highest BCUT2D eigenvalue weighted by Crippen LogP contribution is 2.43. The molecule has 33 heavy (non-hydrogen) atoms. The Bertz CT molecular complexity index is 1120. The zero-order chi connectivity index (χ0) is 23.4. The van der Waals surface area contributed by atoms with Crippen LogP contribution in [-0.4, -0.2) is 45.4 Å². The first-order valence-electron chi connectivity index (χ1n) is 11.1. The van der Waals surface area contributed by atoms with Crippen molar-refractivity contribution in [3.05, 3.63) is 71.5 Å². The molecule has 0 aromatic heterocycles. The van der Waals surface area contributed by atoms with Crippen LogP contribution in [0.4, 0.5) is 4.39 Å². The molecular weight excluding hydrogens is 421 g/mol. The van der Waals surface area contributed by atoms with Gasteiger partial charge in [-0.3, -0.25) is 4.90 Å². The minimum absolute atomic E-state index is 0.137. The molecule has 5 nitrogen and oxygen atoms in total. The summed E-state index contributed by atoms with van der Waals surface area (Å²) in [6.45, 7) is 4.07. The molecule has 3 aromatic rings. The average Bonchev–Trinajstić information content (AvgIpc) is 3.06. The number of benzene rings is 3. The maximum Gasteiger partial charge on any atom is 0.168 e. The summed E-state index contributed by atoms with van der Waals surface area (Å²) in [6.07, 6.45) is 0.628. The summed E-state index contributed by atoms with van der Waals surface area (Å²) < 4.78 is 37.2. The SMILES string of the molecule is COc1cc(-c2cccc(OC)c2OC)cc2c1OCCN(C(C)Cc1ccccc1F)C2. The fraction of sp³-hybridized carbons (Fsp3) is 0.333. The normalized spacial score (nSPS) is 14.6. The van der Waals surface area contributed by atoms with Crippen LogP contribution < -0.4 is 18.9 Å². The van der Waals surface area contributed by atoms with Gasteiger partial charge in [-0.2, -0.15) is 0 Å². The number of hydrogen-bond donors (Lipinski definition) is 0. The summed E-state index contributed by atoms with van der Waals surface area (Å²) >= 11 is 0. The van der Waals surface area contributed by atoms with Crippen LogP contribution in [-0.2, 0) is 13.0 Å². The van der Waals surface area contributed by atoms with Crippen molar-refractivity contribution in [3.8, 4) is 34.1 Å². The van der Waals surface area contributed by atoms with Crippen LogP contribution in [0.25, 0.3) is 11.1 Å². The fourth-order valence-corrected chi connectivity index (χ4v) is 4.41. The van der Waals surface area contributed by atoms with E-state index in [1.807, 2.05) is 36.4 Å². The van der Waals surface area contributed by atoms with Gasteiger partial charge in [-0.15, -0.1) is 0 Å². The fourth-order valence-electron chi connectivity index (χ4n) is 4.41. The minimum atomic E-state index is -0.162. The van der Waals surface area contributed by atoms with Gasteiger partial charge in [0.1, 0.15) is 12.4 Å². The monoisotopic (exact) mass is 451 g/mol. The first-order valence-corrected chi connectivity index (χ1v) is 11.1. The molecule has 1 heterocycles. The molecule has 0 amide bonds. The Balaban J connectivity index is 1.69. The third-order valence-electron chi connectivity index (χ3n) is 6.16. The van der Waals surface area contributed by atoms with Crippen molar-refractivity contribution < 1.29 is 23.3 Å². The van der Waals surface area contributed by atoms with Gasteiger partial charge in [-0.05, 0) is 48.7 Å². The topological polar surface area (TPSA) is 40.2 Å². The first-order chi connectivity index (χ1) is 16.0. The third kappa shape index (κ3) is 4.76. The number of nitrogens with zero attached hydrogens (tertiary/aromatic N) is 1. The Morgan fingerprint density at radius 2 is 1.76 bits per heavy atom. The summed E-state index contributed by atoms with van der Waals surface area (Å²) in [5.41, 5.74) is 3.61. The van der Waals surface area contributed by atoms with Crippen molar-refractivity contribution in [2.75, 3.05) is 34.5 Å². The van der Waals surface area contributed by atoms with Gasteiger partial charge in [-0.1, -0.05) is 30.3 Å². The van der Waals surface area contributed by atoms with E-state index in [4.69, 9.17) is 18.9 Å². The van der Waals surface area contributed by atoms with Gasteiger partial charge in [0.05, 0.1) is 21.3 Å². The van der Waals surface area contributed by atoms with Gasteiger partial charge in [0, 0.05) is 30.3 Å². The van der Waals surface area contributed by atoms with Crippen molar-refractivity contribution in [2.24, 2.45) is 0 Å². The molecule has 0 radical (unpaired) electrons. The molecule has 1 aliphatic rings. The zero-order valence-corrected chi connectivity index (χ0v) is 19.6. The second-order valence-electron chi connectivity index (χ2n) is 8.17. The molecule has 1 atom stereocenters. The maximum atomic E-state index is 14.2. The van der Waals surface area contributed by atoms with Crippen LogP contribution >= 0.6 is 0 Å². The largest absolute Gasteiger partial charge is 0.493 e. The summed E-state index contributed by atoms with van der Waals surface area (Å²) in [4.78, 5) is 2.32. The maximum absolute atomic E-state index is 14.2. The van der Waals surface area contributed by atoms with E-state index in [0.29, 0.717) is 36.8 Å². The van der Waals surface area contributed by atoms with Crippen LogP contribution in [0.5, 0.6) is 23.0 Å². The van der Waals surface area contributed by atoms with Gasteiger partial charge in [0.25, 0.3) is 0 Å². The molecule has 174 valence electrons. The molecular formula is C27H30FNO4. The summed E-state index contributed by atoms with van der Waals surface area (Å²) in [7, 11) is 4.91. The van der Waals surface area contributed by atoms with Gasteiger partial charge in [0.15, 0.2) is 23.0 Å². The molecule has 6 heteroatoms. The second kappa shape index (κ2) is 10.1. The quantitative estimate of drug-likeness (QED) is 0.485. The molecule has 4 rings (SSSR count). The molecule has 0 saturated heterocycles. The minimum Gasteiger partial charge on any atom is -0.493 e. The second-order valence-corrected chi connectivity index (χ2v) is 8.17. The third-order valence-corrected chi connectivity index (χ3v) is 6.16. The summed E-state index contributed by atoms with van der Waals surface area (Å²) in [5.74, 6) is 2.60. The van der Waals surface area contributed by atoms with E-state index in [1.54, 1.807) is 27.4 Å². The highest BCUT2D eigenvalue weighted by Gasteiger charge is 2.25. The van der Waals surface area contributed by atoms with Crippen molar-refractivity contribution in [1.29, 1.82) is 0 Å². The van der Waals surface area contributed by atoms with Crippen molar-refractivity contribution in [2.45, 2.75) is 25.9 Å². The van der Waals surface area contributed by atoms with E-state index in [-0.39, 0.29) is 11.9 Å². The highest BCUT2D eigenvalue weighted by molar-refractivity contribution is 5.77. The molecule has 1 aliphatic heterocycles. The number of para-hydroxylation sites is 1. The molecule has 0 fully saturated rings. The van der Waals surface area contributed by atoms with Crippen LogP contribution in [0.2, 0.25) is 0 Å². The number of rotatable bonds is 7. The standard InChI is InChI=1S/C27H30FNO4/c1-18(14-19-8-5-6-10-23(19)28)29-12-13-33-26-21(17-29)15-20(16-25(26)31-3)22-9-7-11-24(30-2)27(22)32-4/h5-11,15-16,18H,12-14,17H2,1-4H3. The Morgan fingerprint density at radius 3 is 2.48 bits per heavy atom. The van der Waals surface area contributed by atoms with Crippen molar-refractivity contribution in [3.63, 3.8) is 0 Å². The highest BCUT2D eigenvalue weighted by atomic mass is 19.1. The Morgan fingerprint density at radius 1 is 0.970 bits per heavy atom. The number of halogens is 1. The number of fused-ring (bicyclic) bond motifs is 1. The van der Waals surface area contributed by atoms with Crippen molar-refractivity contribution in [1.82, 2.24) is 4.90 Å². The number of ether oxygens (including phenoxy) is 4. The van der Waals surface area contributed by atoms with Crippen LogP contribution in [0.3, 0.4) is 0 Å². The molecule has 0 spiro atoms. The van der Waals surface area contributed by atoms with Gasteiger partial charge >= 0.3 is 0 Å². The van der Waals surface area contributed by atoms with E-state index < -0.39 is 0 Å². The smallest absolute Gasteiger partial charge is 0.168 e. The average molecular weight is 452 g/mol. The summed E-state index contributed by atoms with van der Waals surface area (Å²) in [6, 6.07) is 17.0. The molecule has 3 aromatic carbocycles. The molecule has 0 saturated carbocycles. The summed E-state index contributed by atoms with van der Waals surface area (Å²) in [5, 5.41) is 0. The van der Waals surface area contributed by atoms with E-state index in [0.717, 1.165) is 34.5 Å². The van der Waals surface area contributed by atoms with E-state index in [9.17, 15) is 4.39 Å². The number of methoxy groups -OCH3 is 3. The lowest BCUT2D eigenvalue weighted by Gasteiger charge is -2.27. The predicted octanol–water partition coefficient (Wildman–Crippen LogP) is 5.34. The Hall–Kier alpha value is -3.25. The van der Waals surface area contributed by atoms with E-state index in [2.05, 4.69) is 17.9 Å². The van der Waals surface area contributed by atoms with E-state index >= 15 is 0 Å². The Kier molecular flexibility index (Phi) is 7.04. The zero-order valence-electron chi connectivity index (χ0n) is 19.6. The van der Waals surface area contributed by atoms with Gasteiger partial charge in [0.2, 0.25) is 0 Å². The lowest BCUT2D eigenvalue weighted by molar-refractivity contribution is 0.176. The molecule has 0 aliphatic carbocycles. The lowest BCUT2D eigenvalue weighted by atomic mass is 9.99.